The molecule has 0 saturated heterocycles. The van der Waals surface area contributed by atoms with Crippen molar-refractivity contribution in [3.05, 3.63) is 60.3 Å². The van der Waals surface area contributed by atoms with Gasteiger partial charge in [0.2, 0.25) is 0 Å². The zero-order chi connectivity index (χ0) is 17.9. The molecule has 8 heteroatoms. The lowest BCUT2D eigenvalue weighted by Gasteiger charge is -2.27. The third kappa shape index (κ3) is 3.08. The summed E-state index contributed by atoms with van der Waals surface area (Å²) >= 11 is 0. The van der Waals surface area contributed by atoms with Crippen LogP contribution in [0.15, 0.2) is 49.1 Å². The van der Waals surface area contributed by atoms with Gasteiger partial charge in [0, 0.05) is 5.56 Å². The van der Waals surface area contributed by atoms with Crippen LogP contribution < -0.4 is 14.8 Å². The second kappa shape index (κ2) is 6.83. The fraction of sp³-hybridized carbons (Fsp3) is 0.222. The van der Waals surface area contributed by atoms with E-state index < -0.39 is 0 Å². The molecule has 0 bridgehead atoms. The highest BCUT2D eigenvalue weighted by Crippen LogP contribution is 2.34. The van der Waals surface area contributed by atoms with Crippen LogP contribution in [0.1, 0.15) is 16.1 Å². The van der Waals surface area contributed by atoms with Crippen molar-refractivity contribution in [3.8, 4) is 17.3 Å². The zero-order valence-corrected chi connectivity index (χ0v) is 14.1. The lowest BCUT2D eigenvalue weighted by Crippen LogP contribution is -2.43. The highest BCUT2D eigenvalue weighted by Gasteiger charge is 2.24. The number of carbonyl (C=O) groups is 1. The van der Waals surface area contributed by atoms with Gasteiger partial charge in [-0.2, -0.15) is 0 Å². The Kier molecular flexibility index (Phi) is 4.22. The van der Waals surface area contributed by atoms with Crippen LogP contribution in [0.2, 0.25) is 0 Å². The number of amides is 1. The molecule has 3 heterocycles. The van der Waals surface area contributed by atoms with Gasteiger partial charge in [0.25, 0.3) is 5.91 Å². The first-order valence-corrected chi connectivity index (χ1v) is 8.16. The van der Waals surface area contributed by atoms with E-state index in [-0.39, 0.29) is 11.9 Å². The van der Waals surface area contributed by atoms with Gasteiger partial charge in [-0.1, -0.05) is 18.2 Å². The van der Waals surface area contributed by atoms with E-state index in [1.807, 2.05) is 18.2 Å². The topological polar surface area (TPSA) is 91.2 Å². The number of aromatic nitrogens is 4. The van der Waals surface area contributed by atoms with Crippen LogP contribution >= 0.6 is 0 Å². The van der Waals surface area contributed by atoms with E-state index in [2.05, 4.69) is 20.5 Å². The van der Waals surface area contributed by atoms with E-state index in [0.29, 0.717) is 30.3 Å². The molecular formula is C18H17N5O3. The molecule has 1 aromatic carbocycles. The van der Waals surface area contributed by atoms with Crippen LogP contribution in [0.3, 0.4) is 0 Å². The van der Waals surface area contributed by atoms with Crippen LogP contribution in [-0.2, 0) is 6.42 Å². The highest BCUT2D eigenvalue weighted by molar-refractivity contribution is 5.92. The Morgan fingerprint density at radius 1 is 1.23 bits per heavy atom. The first-order valence-electron chi connectivity index (χ1n) is 8.16. The predicted octanol–water partition coefficient (Wildman–Crippen LogP) is 1.40. The van der Waals surface area contributed by atoms with E-state index >= 15 is 0 Å². The maximum Gasteiger partial charge on any atom is 0.270 e. The molecule has 1 N–H and O–H groups in total. The van der Waals surface area contributed by atoms with Gasteiger partial charge in [-0.15, -0.1) is 10.2 Å². The number of fused-ring (bicyclic) bond motifs is 1. The van der Waals surface area contributed by atoms with Gasteiger partial charge in [0.05, 0.1) is 13.2 Å². The minimum absolute atomic E-state index is 0.137. The number of nitrogens with one attached hydrogen (secondary N) is 1. The normalized spacial score (nSPS) is 15.7. The number of benzene rings is 1. The van der Waals surface area contributed by atoms with Crippen LogP contribution in [0.25, 0.3) is 5.82 Å². The molecule has 3 aromatic rings. The number of methoxy groups -OCH3 is 1. The van der Waals surface area contributed by atoms with Crippen molar-refractivity contribution in [2.45, 2.75) is 12.5 Å². The minimum atomic E-state index is -0.250. The van der Waals surface area contributed by atoms with Crippen molar-refractivity contribution < 1.29 is 14.3 Å². The van der Waals surface area contributed by atoms with Gasteiger partial charge in [0.1, 0.15) is 30.8 Å². The molecule has 26 heavy (non-hydrogen) atoms. The average molecular weight is 351 g/mol. The quantitative estimate of drug-likeness (QED) is 0.764. The van der Waals surface area contributed by atoms with Gasteiger partial charge in [-0.25, -0.2) is 4.98 Å². The van der Waals surface area contributed by atoms with Gasteiger partial charge in [-0.05, 0) is 24.6 Å². The average Bonchev–Trinajstić information content (AvgIpc) is 3.22. The van der Waals surface area contributed by atoms with Gasteiger partial charge in [0.15, 0.2) is 11.5 Å². The zero-order valence-electron chi connectivity index (χ0n) is 14.1. The van der Waals surface area contributed by atoms with E-state index in [9.17, 15) is 4.79 Å². The maximum atomic E-state index is 12.6. The number of carbonyl (C=O) groups excluding carboxylic acids is 1. The lowest BCUT2D eigenvalue weighted by atomic mass is 10.0. The van der Waals surface area contributed by atoms with E-state index in [1.165, 1.54) is 12.7 Å². The number of nitrogens with zero attached hydrogens (tertiary/aromatic N) is 4. The van der Waals surface area contributed by atoms with Crippen molar-refractivity contribution in [3.63, 3.8) is 0 Å². The molecule has 8 nitrogen and oxygen atoms in total. The Bertz CT molecular complexity index is 926. The number of hydrogen-bond donors (Lipinski definition) is 1. The smallest absolute Gasteiger partial charge is 0.270 e. The molecule has 0 radical (unpaired) electrons. The fourth-order valence-corrected chi connectivity index (χ4v) is 2.92. The molecule has 1 atom stereocenters. The predicted molar refractivity (Wildman–Crippen MR) is 92.6 cm³/mol. The SMILES string of the molecule is COc1cccc2c1OCC(NC(=O)c1cccc(-n3cnnc3)n1)C2. The van der Waals surface area contributed by atoms with Crippen LogP contribution in [0.4, 0.5) is 0 Å². The van der Waals surface area contributed by atoms with Gasteiger partial charge in [-0.3, -0.25) is 9.36 Å². The van der Waals surface area contributed by atoms with E-state index in [4.69, 9.17) is 9.47 Å². The summed E-state index contributed by atoms with van der Waals surface area (Å²) in [6, 6.07) is 10.8. The monoisotopic (exact) mass is 351 g/mol. The summed E-state index contributed by atoms with van der Waals surface area (Å²) in [6.07, 6.45) is 3.73. The largest absolute Gasteiger partial charge is 0.493 e. The van der Waals surface area contributed by atoms with Crippen LogP contribution in [0.5, 0.6) is 11.5 Å². The van der Waals surface area contributed by atoms with Crippen molar-refractivity contribution >= 4 is 5.91 Å². The molecule has 1 aliphatic heterocycles. The summed E-state index contributed by atoms with van der Waals surface area (Å²) in [5.41, 5.74) is 1.33. The van der Waals surface area contributed by atoms with Crippen molar-refractivity contribution in [1.82, 2.24) is 25.1 Å². The Morgan fingerprint density at radius 2 is 2.04 bits per heavy atom. The second-order valence-electron chi connectivity index (χ2n) is 5.88. The molecule has 2 aromatic heterocycles. The van der Waals surface area contributed by atoms with Crippen molar-refractivity contribution in [1.29, 1.82) is 0 Å². The third-order valence-corrected chi connectivity index (χ3v) is 4.16. The Hall–Kier alpha value is -3.42. The van der Waals surface area contributed by atoms with E-state index in [0.717, 1.165) is 11.3 Å². The number of rotatable bonds is 4. The maximum absolute atomic E-state index is 12.6. The third-order valence-electron chi connectivity index (χ3n) is 4.16. The van der Waals surface area contributed by atoms with Gasteiger partial charge < -0.3 is 14.8 Å². The van der Waals surface area contributed by atoms with Gasteiger partial charge >= 0.3 is 0 Å². The first kappa shape index (κ1) is 16.1. The molecule has 1 amide bonds. The highest BCUT2D eigenvalue weighted by atomic mass is 16.5. The molecule has 0 spiro atoms. The molecule has 0 aliphatic carbocycles. The number of para-hydroxylation sites is 1. The molecule has 4 rings (SSSR count). The summed E-state index contributed by atoms with van der Waals surface area (Å²) in [4.78, 5) is 16.9. The molecular weight excluding hydrogens is 334 g/mol. The van der Waals surface area contributed by atoms with Crippen LogP contribution in [-0.4, -0.2) is 45.4 Å². The van der Waals surface area contributed by atoms with E-state index in [1.54, 1.807) is 29.9 Å². The summed E-state index contributed by atoms with van der Waals surface area (Å²) in [6.45, 7) is 0.379. The van der Waals surface area contributed by atoms with Crippen LogP contribution in [0, 0.1) is 0 Å². The Labute approximate surface area is 149 Å². The first-order chi connectivity index (χ1) is 12.7. The molecule has 0 fully saturated rings. The standard InChI is InChI=1S/C18H17N5O3/c1-25-15-6-2-4-12-8-13(9-26-17(12)15)21-18(24)14-5-3-7-16(22-14)23-10-19-20-11-23/h2-7,10-11,13H,8-9H2,1H3,(H,21,24). The summed E-state index contributed by atoms with van der Waals surface area (Å²) in [7, 11) is 1.61. The molecule has 1 aliphatic rings. The molecule has 0 saturated carbocycles. The summed E-state index contributed by atoms with van der Waals surface area (Å²) < 4.78 is 12.8. The Balaban J connectivity index is 1.48. The number of pyridine rings is 1. The van der Waals surface area contributed by atoms with Crippen molar-refractivity contribution in [2.24, 2.45) is 0 Å². The molecule has 1 unspecified atom stereocenters. The minimum Gasteiger partial charge on any atom is -0.493 e. The summed E-state index contributed by atoms with van der Waals surface area (Å²) in [5, 5.41) is 10.5. The lowest BCUT2D eigenvalue weighted by molar-refractivity contribution is 0.0909. The molecule has 132 valence electrons. The fourth-order valence-electron chi connectivity index (χ4n) is 2.92. The number of ether oxygens (including phenoxy) is 2. The number of hydrogen-bond acceptors (Lipinski definition) is 6. The second-order valence-corrected chi connectivity index (χ2v) is 5.88. The summed E-state index contributed by atoms with van der Waals surface area (Å²) in [5.74, 6) is 1.78. The Morgan fingerprint density at radius 3 is 2.85 bits per heavy atom. The van der Waals surface area contributed by atoms with Crippen molar-refractivity contribution in [2.75, 3.05) is 13.7 Å².